The number of terminal acetylenes is 1. The number of nitrogens with one attached hydrogen (secondary N) is 2. The Morgan fingerprint density at radius 2 is 2.55 bits per heavy atom. The Hall–Kier alpha value is -1.05. The molecule has 0 radical (unpaired) electrons. The first-order valence-electron chi connectivity index (χ1n) is 3.04. The van der Waals surface area contributed by atoms with Gasteiger partial charge in [0.25, 0.3) is 0 Å². The van der Waals surface area contributed by atoms with Gasteiger partial charge in [0.15, 0.2) is 0 Å². The van der Waals surface area contributed by atoms with Crippen LogP contribution in [0.1, 0.15) is 0 Å². The molecule has 0 saturated carbocycles. The molecule has 58 valence electrons. The quantitative estimate of drug-likeness (QED) is 0.370. The lowest BCUT2D eigenvalue weighted by Crippen LogP contribution is -2.22. The molecule has 0 bridgehead atoms. The second kappa shape index (κ2) is 4.72. The highest BCUT2D eigenvalue weighted by Crippen LogP contribution is 2.17. The molecule has 0 atom stereocenters. The topological polar surface area (TPSA) is 33.3 Å². The first-order valence-corrected chi connectivity index (χ1v) is 3.78. The zero-order valence-corrected chi connectivity index (χ0v) is 6.65. The standard InChI is InChI=1S/C7H8N2OS/c1-2-5-10-11-7-3-4-8-9-6-7/h1,3-4,6,8-9H,5H2. The van der Waals surface area contributed by atoms with Gasteiger partial charge < -0.3 is 10.9 Å². The van der Waals surface area contributed by atoms with Gasteiger partial charge in [-0.25, -0.2) is 0 Å². The van der Waals surface area contributed by atoms with Crippen LogP contribution in [0.15, 0.2) is 23.4 Å². The van der Waals surface area contributed by atoms with Gasteiger partial charge in [-0.2, -0.15) is 0 Å². The normalized spacial score (nSPS) is 14.3. The van der Waals surface area contributed by atoms with E-state index in [1.807, 2.05) is 6.08 Å². The van der Waals surface area contributed by atoms with Crippen LogP contribution in [0.3, 0.4) is 0 Å². The molecule has 1 aliphatic rings. The van der Waals surface area contributed by atoms with Gasteiger partial charge in [0.1, 0.15) is 6.61 Å². The van der Waals surface area contributed by atoms with Crippen LogP contribution in [0.5, 0.6) is 0 Å². The Bertz CT molecular complexity index is 217. The van der Waals surface area contributed by atoms with E-state index in [1.54, 1.807) is 12.4 Å². The summed E-state index contributed by atoms with van der Waals surface area (Å²) in [6.45, 7) is 0.323. The van der Waals surface area contributed by atoms with Crippen LogP contribution in [-0.2, 0) is 4.18 Å². The van der Waals surface area contributed by atoms with E-state index in [2.05, 4.69) is 16.8 Å². The molecule has 0 aromatic carbocycles. The van der Waals surface area contributed by atoms with Crippen LogP contribution in [-0.4, -0.2) is 6.61 Å². The maximum atomic E-state index is 5.02. The number of hydrogen-bond donors (Lipinski definition) is 2. The maximum absolute atomic E-state index is 5.02. The van der Waals surface area contributed by atoms with Gasteiger partial charge in [0, 0.05) is 24.4 Å². The summed E-state index contributed by atoms with van der Waals surface area (Å²) in [4.78, 5) is 0.985. The fourth-order valence-electron chi connectivity index (χ4n) is 0.516. The molecule has 1 heterocycles. The van der Waals surface area contributed by atoms with E-state index >= 15 is 0 Å². The smallest absolute Gasteiger partial charge is 0.122 e. The molecule has 0 amide bonds. The van der Waals surface area contributed by atoms with Gasteiger partial charge in [-0.1, -0.05) is 5.92 Å². The molecule has 0 saturated heterocycles. The number of hydrazine groups is 1. The number of allylic oxidation sites excluding steroid dienone is 1. The first-order chi connectivity index (χ1) is 5.43. The minimum absolute atomic E-state index is 0.323. The lowest BCUT2D eigenvalue weighted by atomic mass is 10.5. The van der Waals surface area contributed by atoms with Crippen molar-refractivity contribution < 1.29 is 4.18 Å². The van der Waals surface area contributed by atoms with Crippen molar-refractivity contribution in [3.8, 4) is 12.3 Å². The van der Waals surface area contributed by atoms with Gasteiger partial charge in [-0.05, 0) is 6.08 Å². The van der Waals surface area contributed by atoms with E-state index in [-0.39, 0.29) is 0 Å². The highest BCUT2D eigenvalue weighted by atomic mass is 32.2. The minimum Gasteiger partial charge on any atom is -0.309 e. The second-order valence-corrected chi connectivity index (χ2v) is 2.59. The van der Waals surface area contributed by atoms with Crippen molar-refractivity contribution in [2.75, 3.05) is 6.61 Å². The third kappa shape index (κ3) is 3.03. The van der Waals surface area contributed by atoms with Crippen LogP contribution in [0, 0.1) is 12.3 Å². The molecule has 4 heteroatoms. The van der Waals surface area contributed by atoms with E-state index in [9.17, 15) is 0 Å². The van der Waals surface area contributed by atoms with Crippen LogP contribution in [0.4, 0.5) is 0 Å². The zero-order valence-electron chi connectivity index (χ0n) is 5.83. The Morgan fingerprint density at radius 3 is 3.18 bits per heavy atom. The molecule has 0 spiro atoms. The molecule has 1 rings (SSSR count). The van der Waals surface area contributed by atoms with Gasteiger partial charge >= 0.3 is 0 Å². The third-order valence-corrected chi connectivity index (χ3v) is 1.61. The van der Waals surface area contributed by atoms with Crippen molar-refractivity contribution in [3.05, 3.63) is 23.4 Å². The average Bonchev–Trinajstić information content (AvgIpc) is 2.07. The molecule has 0 fully saturated rings. The Labute approximate surface area is 70.1 Å². The van der Waals surface area contributed by atoms with Crippen LogP contribution in [0.2, 0.25) is 0 Å². The van der Waals surface area contributed by atoms with Gasteiger partial charge in [-0.3, -0.25) is 4.18 Å². The van der Waals surface area contributed by atoms with Gasteiger partial charge in [0.05, 0.1) is 4.91 Å². The van der Waals surface area contributed by atoms with E-state index in [0.717, 1.165) is 4.91 Å². The summed E-state index contributed by atoms with van der Waals surface area (Å²) < 4.78 is 5.02. The molecular formula is C7H8N2OS. The number of hydrogen-bond acceptors (Lipinski definition) is 4. The van der Waals surface area contributed by atoms with Crippen molar-refractivity contribution >= 4 is 12.0 Å². The van der Waals surface area contributed by atoms with Crippen LogP contribution >= 0.6 is 12.0 Å². The van der Waals surface area contributed by atoms with Crippen molar-refractivity contribution in [1.29, 1.82) is 0 Å². The molecule has 0 unspecified atom stereocenters. The molecule has 1 aliphatic heterocycles. The summed E-state index contributed by atoms with van der Waals surface area (Å²) in [6.07, 6.45) is 10.4. The maximum Gasteiger partial charge on any atom is 0.122 e. The van der Waals surface area contributed by atoms with Gasteiger partial charge in [-0.15, -0.1) is 6.42 Å². The van der Waals surface area contributed by atoms with Crippen molar-refractivity contribution in [3.63, 3.8) is 0 Å². The Morgan fingerprint density at radius 1 is 1.64 bits per heavy atom. The van der Waals surface area contributed by atoms with E-state index in [0.29, 0.717) is 6.61 Å². The second-order valence-electron chi connectivity index (χ2n) is 1.72. The molecule has 3 nitrogen and oxygen atoms in total. The first kappa shape index (κ1) is 8.05. The number of rotatable bonds is 3. The summed E-state index contributed by atoms with van der Waals surface area (Å²) in [6, 6.07) is 0. The Kier molecular flexibility index (Phi) is 3.45. The van der Waals surface area contributed by atoms with Crippen molar-refractivity contribution in [1.82, 2.24) is 10.9 Å². The molecule has 0 aromatic rings. The van der Waals surface area contributed by atoms with Crippen molar-refractivity contribution in [2.24, 2.45) is 0 Å². The molecular weight excluding hydrogens is 160 g/mol. The monoisotopic (exact) mass is 168 g/mol. The lowest BCUT2D eigenvalue weighted by Gasteiger charge is -2.07. The highest BCUT2D eigenvalue weighted by Gasteiger charge is 1.96. The van der Waals surface area contributed by atoms with Crippen molar-refractivity contribution in [2.45, 2.75) is 0 Å². The molecule has 11 heavy (non-hydrogen) atoms. The minimum atomic E-state index is 0.323. The summed E-state index contributed by atoms with van der Waals surface area (Å²) in [7, 11) is 0. The van der Waals surface area contributed by atoms with Gasteiger partial charge in [0.2, 0.25) is 0 Å². The summed E-state index contributed by atoms with van der Waals surface area (Å²) in [5.74, 6) is 2.38. The average molecular weight is 168 g/mol. The largest absolute Gasteiger partial charge is 0.309 e. The summed E-state index contributed by atoms with van der Waals surface area (Å²) in [5.41, 5.74) is 5.60. The summed E-state index contributed by atoms with van der Waals surface area (Å²) >= 11 is 1.25. The molecule has 0 aromatic heterocycles. The lowest BCUT2D eigenvalue weighted by molar-refractivity contribution is 0.441. The SMILES string of the molecule is C#CCOSC1=CNNC=C1. The van der Waals surface area contributed by atoms with Crippen LogP contribution in [0.25, 0.3) is 0 Å². The van der Waals surface area contributed by atoms with Crippen LogP contribution < -0.4 is 10.9 Å². The Balaban J connectivity index is 2.21. The third-order valence-electron chi connectivity index (χ3n) is 0.926. The predicted molar refractivity (Wildman–Crippen MR) is 45.9 cm³/mol. The highest BCUT2D eigenvalue weighted by molar-refractivity contribution is 7.98. The fraction of sp³-hybridized carbons (Fsp3) is 0.143. The molecule has 0 aliphatic carbocycles. The predicted octanol–water partition coefficient (Wildman–Crippen LogP) is 0.747. The molecule has 2 N–H and O–H groups in total. The van der Waals surface area contributed by atoms with E-state index in [4.69, 9.17) is 10.6 Å². The summed E-state index contributed by atoms with van der Waals surface area (Å²) in [5, 5.41) is 0. The fourth-order valence-corrected chi connectivity index (χ4v) is 1.01. The van der Waals surface area contributed by atoms with E-state index < -0.39 is 0 Å². The van der Waals surface area contributed by atoms with E-state index in [1.165, 1.54) is 12.0 Å². The zero-order chi connectivity index (χ0) is 7.94.